The number of ether oxygens (including phenoxy) is 1. The first-order chi connectivity index (χ1) is 11.8. The van der Waals surface area contributed by atoms with Crippen molar-refractivity contribution in [1.29, 1.82) is 0 Å². The van der Waals surface area contributed by atoms with Crippen LogP contribution in [0.3, 0.4) is 0 Å². The third kappa shape index (κ3) is 6.45. The molecule has 2 aromatic rings. The molecule has 0 atom stereocenters. The summed E-state index contributed by atoms with van der Waals surface area (Å²) >= 11 is 4.54. The van der Waals surface area contributed by atoms with Gasteiger partial charge < -0.3 is 10.1 Å². The van der Waals surface area contributed by atoms with Crippen LogP contribution >= 0.6 is 12.2 Å². The molecule has 2 rings (SSSR count). The first kappa shape index (κ1) is 17.4. The first-order valence-electron chi connectivity index (χ1n) is 7.39. The molecule has 0 saturated heterocycles. The fraction of sp³-hybridized carbons (Fsp3) is 0.158. The summed E-state index contributed by atoms with van der Waals surface area (Å²) in [6.07, 6.45) is 0.100. The van der Waals surface area contributed by atoms with Gasteiger partial charge in [-0.05, 0) is 42.0 Å². The Labute approximate surface area is 146 Å². The van der Waals surface area contributed by atoms with Crippen LogP contribution in [0.2, 0.25) is 0 Å². The van der Waals surface area contributed by atoms with Crippen LogP contribution in [0.1, 0.15) is 17.5 Å². The first-order valence-corrected chi connectivity index (χ1v) is 7.80. The van der Waals surface area contributed by atoms with Gasteiger partial charge in [-0.25, -0.2) is 4.79 Å². The van der Waals surface area contributed by atoms with Crippen molar-refractivity contribution in [3.8, 4) is 11.8 Å². The lowest BCUT2D eigenvalue weighted by molar-refractivity contribution is 0.140. The van der Waals surface area contributed by atoms with Gasteiger partial charge in [0.2, 0.25) is 0 Å². The van der Waals surface area contributed by atoms with Gasteiger partial charge in [0.1, 0.15) is 6.61 Å². The number of nitrogens with one attached hydrogen (secondary N) is 1. The number of alkyl carbamates (subject to hydrolysis) is 1. The normalized spacial score (nSPS) is 9.17. The fourth-order valence-corrected chi connectivity index (χ4v) is 1.94. The zero-order valence-electron chi connectivity index (χ0n) is 13.0. The van der Waals surface area contributed by atoms with Crippen LogP contribution < -0.4 is 5.32 Å². The summed E-state index contributed by atoms with van der Waals surface area (Å²) < 4.78 is 5.11. The Morgan fingerprint density at radius 2 is 1.88 bits per heavy atom. The summed E-state index contributed by atoms with van der Waals surface area (Å²) in [6.45, 7) is 0.697. The molecule has 4 nitrogen and oxygen atoms in total. The molecule has 0 aliphatic carbocycles. The van der Waals surface area contributed by atoms with Gasteiger partial charge in [-0.1, -0.05) is 42.2 Å². The second-order valence-electron chi connectivity index (χ2n) is 4.79. The van der Waals surface area contributed by atoms with E-state index in [1.54, 1.807) is 0 Å². The number of amides is 1. The highest BCUT2D eigenvalue weighted by atomic mass is 32.1. The van der Waals surface area contributed by atoms with Crippen molar-refractivity contribution in [2.24, 2.45) is 4.99 Å². The zero-order valence-corrected chi connectivity index (χ0v) is 13.8. The van der Waals surface area contributed by atoms with E-state index in [0.717, 1.165) is 16.8 Å². The van der Waals surface area contributed by atoms with E-state index in [2.05, 4.69) is 39.5 Å². The maximum Gasteiger partial charge on any atom is 0.407 e. The zero-order chi connectivity index (χ0) is 17.0. The van der Waals surface area contributed by atoms with Crippen LogP contribution in [-0.2, 0) is 11.3 Å². The maximum atomic E-state index is 11.5. The summed E-state index contributed by atoms with van der Waals surface area (Å²) in [4.78, 5) is 15.4. The smallest absolute Gasteiger partial charge is 0.407 e. The number of rotatable bonds is 5. The highest BCUT2D eigenvalue weighted by Gasteiger charge is 2.00. The molecule has 0 aliphatic rings. The van der Waals surface area contributed by atoms with Crippen LogP contribution in [-0.4, -0.2) is 17.8 Å². The van der Waals surface area contributed by atoms with Crippen LogP contribution in [0, 0.1) is 11.8 Å². The topological polar surface area (TPSA) is 50.7 Å². The molecule has 24 heavy (non-hydrogen) atoms. The van der Waals surface area contributed by atoms with Gasteiger partial charge in [-0.3, -0.25) is 0 Å². The highest BCUT2D eigenvalue weighted by molar-refractivity contribution is 7.78. The van der Waals surface area contributed by atoms with Crippen molar-refractivity contribution in [2.45, 2.75) is 13.0 Å². The van der Waals surface area contributed by atoms with Crippen molar-refractivity contribution >= 4 is 29.2 Å². The fourth-order valence-electron chi connectivity index (χ4n) is 1.84. The lowest BCUT2D eigenvalue weighted by Crippen LogP contribution is -2.24. The lowest BCUT2D eigenvalue weighted by Gasteiger charge is -2.05. The van der Waals surface area contributed by atoms with Crippen LogP contribution in [0.15, 0.2) is 59.6 Å². The summed E-state index contributed by atoms with van der Waals surface area (Å²) in [5, 5.41) is 4.98. The molecular formula is C19H16N2O2S. The molecule has 0 spiro atoms. The Kier molecular flexibility index (Phi) is 7.23. The minimum absolute atomic E-state index is 0.259. The Hall–Kier alpha value is -2.93. The molecule has 0 saturated carbocycles. The van der Waals surface area contributed by atoms with E-state index >= 15 is 0 Å². The second-order valence-corrected chi connectivity index (χ2v) is 4.97. The molecule has 0 bridgehead atoms. The third-order valence-electron chi connectivity index (χ3n) is 3.01. The SMILES string of the molecule is O=C(NCCC#Cc1ccc(N=C=S)cc1)OCc1ccccc1. The average molecular weight is 336 g/mol. The minimum atomic E-state index is -0.442. The summed E-state index contributed by atoms with van der Waals surface area (Å²) in [5.74, 6) is 6.01. The molecule has 0 radical (unpaired) electrons. The molecule has 1 N–H and O–H groups in total. The number of carbonyl (C=O) groups is 1. The van der Waals surface area contributed by atoms with E-state index in [4.69, 9.17) is 4.74 Å². The number of hydrogen-bond acceptors (Lipinski definition) is 4. The van der Waals surface area contributed by atoms with Crippen LogP contribution in [0.4, 0.5) is 10.5 Å². The van der Waals surface area contributed by atoms with E-state index in [9.17, 15) is 4.79 Å². The van der Waals surface area contributed by atoms with Gasteiger partial charge in [0.15, 0.2) is 0 Å². The number of thiocarbonyl (C=S) groups is 1. The molecule has 0 aromatic heterocycles. The largest absolute Gasteiger partial charge is 0.445 e. The van der Waals surface area contributed by atoms with E-state index in [-0.39, 0.29) is 6.61 Å². The van der Waals surface area contributed by atoms with Gasteiger partial charge in [0.05, 0.1) is 10.8 Å². The Morgan fingerprint density at radius 1 is 1.12 bits per heavy atom. The van der Waals surface area contributed by atoms with Crippen LogP contribution in [0.25, 0.3) is 0 Å². The van der Waals surface area contributed by atoms with Crippen LogP contribution in [0.5, 0.6) is 0 Å². The number of nitrogens with zero attached hydrogens (tertiary/aromatic N) is 1. The predicted molar refractivity (Wildman–Crippen MR) is 97.3 cm³/mol. The van der Waals surface area contributed by atoms with Gasteiger partial charge in [-0.2, -0.15) is 4.99 Å². The van der Waals surface area contributed by atoms with Crippen molar-refractivity contribution in [3.63, 3.8) is 0 Å². The standard InChI is InChI=1S/C19H16N2O2S/c22-19(23-14-17-7-2-1-3-8-17)20-13-5-4-6-16-9-11-18(12-10-16)21-15-24/h1-3,7-12H,5,13-14H2,(H,20,22). The average Bonchev–Trinajstić information content (AvgIpc) is 2.62. The minimum Gasteiger partial charge on any atom is -0.445 e. The van der Waals surface area contributed by atoms with E-state index < -0.39 is 6.09 Å². The molecular weight excluding hydrogens is 320 g/mol. The molecule has 5 heteroatoms. The number of benzene rings is 2. The molecule has 0 fully saturated rings. The lowest BCUT2D eigenvalue weighted by atomic mass is 10.2. The summed E-state index contributed by atoms with van der Waals surface area (Å²) in [6, 6.07) is 16.9. The third-order valence-corrected chi connectivity index (χ3v) is 3.10. The van der Waals surface area contributed by atoms with Gasteiger partial charge in [-0.15, -0.1) is 0 Å². The Bertz CT molecular complexity index is 771. The maximum absolute atomic E-state index is 11.5. The van der Waals surface area contributed by atoms with Crippen molar-refractivity contribution in [1.82, 2.24) is 5.32 Å². The van der Waals surface area contributed by atoms with E-state index in [1.165, 1.54) is 0 Å². The molecule has 2 aromatic carbocycles. The molecule has 0 aliphatic heterocycles. The monoisotopic (exact) mass is 336 g/mol. The summed E-state index contributed by atoms with van der Waals surface area (Å²) in [5.41, 5.74) is 2.58. The molecule has 1 amide bonds. The predicted octanol–water partition coefficient (Wildman–Crippen LogP) is 4.09. The van der Waals surface area contributed by atoms with E-state index in [1.807, 2.05) is 54.6 Å². The van der Waals surface area contributed by atoms with Gasteiger partial charge in [0, 0.05) is 18.5 Å². The Morgan fingerprint density at radius 3 is 2.58 bits per heavy atom. The second kappa shape index (κ2) is 9.96. The van der Waals surface area contributed by atoms with Crippen molar-refractivity contribution in [2.75, 3.05) is 6.54 Å². The summed E-state index contributed by atoms with van der Waals surface area (Å²) in [7, 11) is 0. The van der Waals surface area contributed by atoms with Gasteiger partial charge >= 0.3 is 6.09 Å². The quantitative estimate of drug-likeness (QED) is 0.387. The van der Waals surface area contributed by atoms with Gasteiger partial charge in [0.25, 0.3) is 0 Å². The molecule has 0 heterocycles. The number of hydrogen-bond donors (Lipinski definition) is 1. The van der Waals surface area contributed by atoms with E-state index in [0.29, 0.717) is 13.0 Å². The Balaban J connectivity index is 1.67. The van der Waals surface area contributed by atoms with Crippen molar-refractivity contribution in [3.05, 3.63) is 65.7 Å². The number of aliphatic imine (C=N–C) groups is 1. The highest BCUT2D eigenvalue weighted by Crippen LogP contribution is 2.11. The molecule has 120 valence electrons. The number of isothiocyanates is 1. The van der Waals surface area contributed by atoms with Crippen molar-refractivity contribution < 1.29 is 9.53 Å². The molecule has 0 unspecified atom stereocenters. The number of carbonyl (C=O) groups excluding carboxylic acids is 1.